The summed E-state index contributed by atoms with van der Waals surface area (Å²) in [7, 11) is 3.53. The highest BCUT2D eigenvalue weighted by Gasteiger charge is 2.17. The van der Waals surface area contributed by atoms with Gasteiger partial charge in [0.2, 0.25) is 0 Å². The zero-order valence-electron chi connectivity index (χ0n) is 13.0. The fraction of sp³-hybridized carbons (Fsp3) is 0.533. The molecule has 0 aromatic carbocycles. The van der Waals surface area contributed by atoms with E-state index in [9.17, 15) is 4.79 Å². The summed E-state index contributed by atoms with van der Waals surface area (Å²) in [6.07, 6.45) is 0.763. The number of ether oxygens (including phenoxy) is 1. The second kappa shape index (κ2) is 6.41. The Morgan fingerprint density at radius 3 is 2.73 bits per heavy atom. The fourth-order valence-electron chi connectivity index (χ4n) is 2.76. The third-order valence-corrected chi connectivity index (χ3v) is 4.14. The molecule has 0 atom stereocenters. The molecule has 118 valence electrons. The smallest absolute Gasteiger partial charge is 0.355 e. The second-order valence-corrected chi connectivity index (χ2v) is 5.61. The number of esters is 1. The van der Waals surface area contributed by atoms with Crippen molar-refractivity contribution in [2.45, 2.75) is 6.42 Å². The molecule has 0 bridgehead atoms. The second-order valence-electron chi connectivity index (χ2n) is 5.61. The number of carbonyl (C=O) groups excluding carboxylic acids is 1. The minimum absolute atomic E-state index is 0.369. The maximum Gasteiger partial charge on any atom is 0.355 e. The van der Waals surface area contributed by atoms with Gasteiger partial charge >= 0.3 is 5.97 Å². The number of fused-ring (bicyclic) bond motifs is 1. The van der Waals surface area contributed by atoms with Crippen molar-refractivity contribution in [2.75, 3.05) is 46.9 Å². The van der Waals surface area contributed by atoms with Crippen molar-refractivity contribution in [3.8, 4) is 0 Å². The van der Waals surface area contributed by atoms with Crippen molar-refractivity contribution < 1.29 is 9.53 Å². The van der Waals surface area contributed by atoms with Crippen LogP contribution in [0.4, 0.5) is 0 Å². The quantitative estimate of drug-likeness (QED) is 0.757. The van der Waals surface area contributed by atoms with Crippen molar-refractivity contribution in [3.05, 3.63) is 29.7 Å². The number of hydrogen-bond acceptors (Lipinski definition) is 6. The summed E-state index contributed by atoms with van der Waals surface area (Å²) >= 11 is 0. The molecule has 1 aliphatic rings. The van der Waals surface area contributed by atoms with Crippen molar-refractivity contribution in [3.63, 3.8) is 0 Å². The van der Waals surface area contributed by atoms with Crippen LogP contribution in [0.25, 0.3) is 5.65 Å². The van der Waals surface area contributed by atoms with Gasteiger partial charge in [0.15, 0.2) is 5.65 Å². The minimum Gasteiger partial charge on any atom is -0.464 e. The van der Waals surface area contributed by atoms with E-state index in [4.69, 9.17) is 4.74 Å². The Bertz CT molecular complexity index is 661. The number of rotatable bonds is 4. The normalized spacial score (nSPS) is 17.0. The largest absolute Gasteiger partial charge is 0.464 e. The first-order valence-electron chi connectivity index (χ1n) is 7.51. The molecule has 2 aromatic rings. The Kier molecular flexibility index (Phi) is 4.35. The molecule has 0 unspecified atom stereocenters. The van der Waals surface area contributed by atoms with E-state index in [1.165, 1.54) is 7.11 Å². The molecule has 22 heavy (non-hydrogen) atoms. The highest BCUT2D eigenvalue weighted by Crippen LogP contribution is 2.11. The summed E-state index contributed by atoms with van der Waals surface area (Å²) in [5, 5.41) is 8.39. The van der Waals surface area contributed by atoms with Gasteiger partial charge in [-0.1, -0.05) is 6.07 Å². The van der Waals surface area contributed by atoms with Crippen molar-refractivity contribution in [1.82, 2.24) is 24.4 Å². The lowest BCUT2D eigenvalue weighted by atomic mass is 10.3. The Balaban J connectivity index is 1.78. The summed E-state index contributed by atoms with van der Waals surface area (Å²) in [5.74, 6) is 0.432. The molecule has 0 N–H and O–H groups in total. The molecule has 3 heterocycles. The summed E-state index contributed by atoms with van der Waals surface area (Å²) in [6.45, 7) is 5.24. The van der Waals surface area contributed by atoms with Crippen LogP contribution in [-0.4, -0.2) is 77.2 Å². The minimum atomic E-state index is -0.369. The molecule has 0 amide bonds. The average Bonchev–Trinajstić information content (AvgIpc) is 2.97. The van der Waals surface area contributed by atoms with Gasteiger partial charge in [0, 0.05) is 39.1 Å². The fourth-order valence-corrected chi connectivity index (χ4v) is 2.76. The van der Waals surface area contributed by atoms with Gasteiger partial charge in [0.05, 0.1) is 7.11 Å². The van der Waals surface area contributed by atoms with Gasteiger partial charge in [-0.15, -0.1) is 10.2 Å². The number of carbonyl (C=O) groups is 1. The van der Waals surface area contributed by atoms with Crippen molar-refractivity contribution >= 4 is 11.6 Å². The third-order valence-electron chi connectivity index (χ3n) is 4.14. The van der Waals surface area contributed by atoms with Crippen LogP contribution in [0.5, 0.6) is 0 Å². The van der Waals surface area contributed by atoms with Crippen LogP contribution in [0.3, 0.4) is 0 Å². The average molecular weight is 303 g/mol. The van der Waals surface area contributed by atoms with Gasteiger partial charge in [0.1, 0.15) is 11.5 Å². The van der Waals surface area contributed by atoms with Crippen LogP contribution >= 0.6 is 0 Å². The monoisotopic (exact) mass is 303 g/mol. The van der Waals surface area contributed by atoms with E-state index in [-0.39, 0.29) is 5.97 Å². The van der Waals surface area contributed by atoms with Crippen LogP contribution in [-0.2, 0) is 11.2 Å². The molecule has 7 heteroatoms. The first kappa shape index (κ1) is 14.9. The zero-order valence-corrected chi connectivity index (χ0v) is 13.0. The molecular weight excluding hydrogens is 282 g/mol. The lowest BCUT2D eigenvalue weighted by Crippen LogP contribution is -2.45. The van der Waals surface area contributed by atoms with Crippen LogP contribution in [0.1, 0.15) is 16.3 Å². The Hall–Kier alpha value is -1.99. The van der Waals surface area contributed by atoms with Crippen LogP contribution in [0.15, 0.2) is 18.2 Å². The third kappa shape index (κ3) is 2.95. The maximum absolute atomic E-state index is 11.9. The molecule has 0 saturated carbocycles. The van der Waals surface area contributed by atoms with Crippen LogP contribution < -0.4 is 0 Å². The highest BCUT2D eigenvalue weighted by molar-refractivity contribution is 5.88. The number of piperazine rings is 1. The van der Waals surface area contributed by atoms with Crippen molar-refractivity contribution in [2.24, 2.45) is 0 Å². The SMILES string of the molecule is COC(=O)c1cccc2nnc(CCN3CCN(C)CC3)n12. The van der Waals surface area contributed by atoms with E-state index in [2.05, 4.69) is 27.0 Å². The summed E-state index contributed by atoms with van der Waals surface area (Å²) in [6, 6.07) is 5.38. The van der Waals surface area contributed by atoms with Gasteiger partial charge in [-0.25, -0.2) is 4.79 Å². The number of methoxy groups -OCH3 is 1. The zero-order chi connectivity index (χ0) is 15.5. The van der Waals surface area contributed by atoms with E-state index < -0.39 is 0 Å². The molecule has 0 radical (unpaired) electrons. The lowest BCUT2D eigenvalue weighted by Gasteiger charge is -2.32. The first-order chi connectivity index (χ1) is 10.7. The topological polar surface area (TPSA) is 63.0 Å². The van der Waals surface area contributed by atoms with Gasteiger partial charge in [-0.05, 0) is 19.2 Å². The molecule has 0 spiro atoms. The van der Waals surface area contributed by atoms with Gasteiger partial charge in [-0.3, -0.25) is 4.40 Å². The summed E-state index contributed by atoms with van der Waals surface area (Å²) in [4.78, 5) is 16.7. The number of pyridine rings is 1. The number of nitrogens with zero attached hydrogens (tertiary/aromatic N) is 5. The van der Waals surface area contributed by atoms with E-state index in [1.54, 1.807) is 16.5 Å². The molecule has 1 saturated heterocycles. The number of aromatic nitrogens is 3. The Morgan fingerprint density at radius 1 is 1.23 bits per heavy atom. The predicted molar refractivity (Wildman–Crippen MR) is 82.0 cm³/mol. The van der Waals surface area contributed by atoms with E-state index in [1.807, 2.05) is 6.07 Å². The Labute approximate surface area is 129 Å². The van der Waals surface area contributed by atoms with Crippen LogP contribution in [0.2, 0.25) is 0 Å². The van der Waals surface area contributed by atoms with E-state index >= 15 is 0 Å². The molecular formula is C15H21N5O2. The molecule has 2 aromatic heterocycles. The Morgan fingerprint density at radius 2 is 2.00 bits per heavy atom. The first-order valence-corrected chi connectivity index (χ1v) is 7.51. The van der Waals surface area contributed by atoms with Gasteiger partial charge < -0.3 is 14.5 Å². The van der Waals surface area contributed by atoms with Gasteiger partial charge in [-0.2, -0.15) is 0 Å². The number of hydrogen-bond donors (Lipinski definition) is 0. The van der Waals surface area contributed by atoms with Crippen LogP contribution in [0, 0.1) is 0 Å². The molecule has 3 rings (SSSR count). The highest BCUT2D eigenvalue weighted by atomic mass is 16.5. The number of likely N-dealkylation sites (N-methyl/N-ethyl adjacent to an activating group) is 1. The standard InChI is InChI=1S/C15H21N5O2/c1-18-8-10-19(11-9-18)7-6-14-17-16-13-5-3-4-12(20(13)14)15(21)22-2/h3-5H,6-11H2,1-2H3. The summed E-state index contributed by atoms with van der Waals surface area (Å²) in [5.41, 5.74) is 1.15. The van der Waals surface area contributed by atoms with E-state index in [0.29, 0.717) is 11.3 Å². The summed E-state index contributed by atoms with van der Waals surface area (Å²) < 4.78 is 6.64. The van der Waals surface area contributed by atoms with Crippen molar-refractivity contribution in [1.29, 1.82) is 0 Å². The lowest BCUT2D eigenvalue weighted by molar-refractivity contribution is 0.0591. The molecule has 1 aliphatic heterocycles. The maximum atomic E-state index is 11.9. The molecule has 1 fully saturated rings. The molecule has 7 nitrogen and oxygen atoms in total. The van der Waals surface area contributed by atoms with E-state index in [0.717, 1.165) is 45.0 Å². The molecule has 0 aliphatic carbocycles. The van der Waals surface area contributed by atoms with Gasteiger partial charge in [0.25, 0.3) is 0 Å². The predicted octanol–water partition coefficient (Wildman–Crippen LogP) is 0.306.